The number of hydrogen-bond donors (Lipinski definition) is 3. The smallest absolute Gasteiger partial charge is 0.291 e. The fourth-order valence-electron chi connectivity index (χ4n) is 1.73. The number of carbonyl (C=O) groups is 2. The Balaban J connectivity index is 1.90. The molecule has 0 saturated heterocycles. The van der Waals surface area contributed by atoms with E-state index in [1.807, 2.05) is 19.1 Å². The average molecular weight is 287 g/mol. The van der Waals surface area contributed by atoms with E-state index < -0.39 is 0 Å². The number of nitrogens with zero attached hydrogens (tertiary/aromatic N) is 2. The fraction of sp³-hybridized carbons (Fsp3) is 0.286. The van der Waals surface area contributed by atoms with Gasteiger partial charge in [0.05, 0.1) is 0 Å². The minimum absolute atomic E-state index is 0.118. The van der Waals surface area contributed by atoms with E-state index >= 15 is 0 Å². The lowest BCUT2D eigenvalue weighted by molar-refractivity contribution is -0.114. The summed E-state index contributed by atoms with van der Waals surface area (Å²) in [6.45, 7) is 3.75. The van der Waals surface area contributed by atoms with Crippen LogP contribution in [0, 0.1) is 0 Å². The summed E-state index contributed by atoms with van der Waals surface area (Å²) < 4.78 is 0. The molecule has 21 heavy (non-hydrogen) atoms. The molecule has 2 rings (SSSR count). The molecule has 0 saturated carbocycles. The summed E-state index contributed by atoms with van der Waals surface area (Å²) in [5, 5.41) is 12.0. The molecule has 7 heteroatoms. The molecule has 0 fully saturated rings. The number of nitrogens with one attached hydrogen (secondary N) is 3. The Morgan fingerprint density at radius 2 is 1.95 bits per heavy atom. The number of hydrogen-bond acceptors (Lipinski definition) is 4. The molecule has 1 heterocycles. The standard InChI is InChI=1S/C14H17N5O2/c1-3-12-17-13(19-18-12)14(21)15-8-10-4-6-11(7-5-10)16-9(2)20/h4-7H,3,8H2,1-2H3,(H,15,21)(H,16,20)(H,17,18,19). The van der Waals surface area contributed by atoms with Crippen LogP contribution in [0.25, 0.3) is 0 Å². The van der Waals surface area contributed by atoms with Crippen LogP contribution >= 0.6 is 0 Å². The van der Waals surface area contributed by atoms with Crippen LogP contribution in [-0.4, -0.2) is 27.0 Å². The summed E-state index contributed by atoms with van der Waals surface area (Å²) in [5.74, 6) is 0.380. The molecule has 7 nitrogen and oxygen atoms in total. The quantitative estimate of drug-likeness (QED) is 0.770. The maximum absolute atomic E-state index is 11.8. The number of aromatic nitrogens is 3. The van der Waals surface area contributed by atoms with Crippen molar-refractivity contribution in [1.82, 2.24) is 20.5 Å². The summed E-state index contributed by atoms with van der Waals surface area (Å²) in [7, 11) is 0. The number of aryl methyl sites for hydroxylation is 1. The molecule has 1 aromatic carbocycles. The summed E-state index contributed by atoms with van der Waals surface area (Å²) in [6.07, 6.45) is 0.699. The summed E-state index contributed by atoms with van der Waals surface area (Å²) in [4.78, 5) is 26.8. The molecule has 0 aliphatic heterocycles. The average Bonchev–Trinajstić information content (AvgIpc) is 2.94. The van der Waals surface area contributed by atoms with Crippen molar-refractivity contribution in [2.45, 2.75) is 26.8 Å². The molecular weight excluding hydrogens is 270 g/mol. The predicted octanol–water partition coefficient (Wildman–Crippen LogP) is 1.26. The van der Waals surface area contributed by atoms with Gasteiger partial charge in [0.1, 0.15) is 5.82 Å². The van der Waals surface area contributed by atoms with Crippen LogP contribution in [0.2, 0.25) is 0 Å². The SMILES string of the molecule is CCc1nc(C(=O)NCc2ccc(NC(C)=O)cc2)n[nH]1. The largest absolute Gasteiger partial charge is 0.345 e. The van der Waals surface area contributed by atoms with Crippen LogP contribution in [-0.2, 0) is 17.8 Å². The molecule has 0 atom stereocenters. The third-order valence-corrected chi connectivity index (χ3v) is 2.80. The molecule has 0 spiro atoms. The Morgan fingerprint density at radius 3 is 2.52 bits per heavy atom. The second kappa shape index (κ2) is 6.65. The van der Waals surface area contributed by atoms with Crippen LogP contribution in [0.3, 0.4) is 0 Å². The molecule has 0 radical (unpaired) electrons. The van der Waals surface area contributed by atoms with Gasteiger partial charge in [0.2, 0.25) is 11.7 Å². The molecule has 0 unspecified atom stereocenters. The molecule has 2 aromatic rings. The first kappa shape index (κ1) is 14.7. The minimum atomic E-state index is -0.322. The van der Waals surface area contributed by atoms with Crippen molar-refractivity contribution in [2.75, 3.05) is 5.32 Å². The first-order valence-electron chi connectivity index (χ1n) is 6.64. The van der Waals surface area contributed by atoms with Gasteiger partial charge >= 0.3 is 0 Å². The van der Waals surface area contributed by atoms with E-state index in [2.05, 4.69) is 25.8 Å². The van der Waals surface area contributed by atoms with Gasteiger partial charge in [-0.05, 0) is 17.7 Å². The normalized spacial score (nSPS) is 10.2. The third-order valence-electron chi connectivity index (χ3n) is 2.80. The van der Waals surface area contributed by atoms with Crippen molar-refractivity contribution in [3.63, 3.8) is 0 Å². The molecule has 0 bridgehead atoms. The van der Waals surface area contributed by atoms with Crippen molar-refractivity contribution in [1.29, 1.82) is 0 Å². The van der Waals surface area contributed by atoms with Crippen LogP contribution in [0.4, 0.5) is 5.69 Å². The van der Waals surface area contributed by atoms with Crippen LogP contribution in [0.5, 0.6) is 0 Å². The zero-order valence-corrected chi connectivity index (χ0v) is 11.9. The van der Waals surface area contributed by atoms with Gasteiger partial charge in [0.25, 0.3) is 5.91 Å². The highest BCUT2D eigenvalue weighted by molar-refractivity contribution is 5.90. The molecular formula is C14H17N5O2. The highest BCUT2D eigenvalue weighted by Crippen LogP contribution is 2.09. The molecule has 0 aliphatic carbocycles. The van der Waals surface area contributed by atoms with Gasteiger partial charge in [-0.25, -0.2) is 4.98 Å². The fourth-order valence-corrected chi connectivity index (χ4v) is 1.73. The summed E-state index contributed by atoms with van der Waals surface area (Å²) in [6, 6.07) is 7.23. The van der Waals surface area contributed by atoms with Crippen LogP contribution in [0.15, 0.2) is 24.3 Å². The van der Waals surface area contributed by atoms with E-state index in [1.165, 1.54) is 6.92 Å². The highest BCUT2D eigenvalue weighted by Gasteiger charge is 2.11. The topological polar surface area (TPSA) is 99.8 Å². The Labute approximate surface area is 122 Å². The van der Waals surface area contributed by atoms with Crippen molar-refractivity contribution in [3.05, 3.63) is 41.5 Å². The zero-order chi connectivity index (χ0) is 15.2. The number of H-pyrrole nitrogens is 1. The highest BCUT2D eigenvalue weighted by atomic mass is 16.2. The van der Waals surface area contributed by atoms with Gasteiger partial charge in [-0.15, -0.1) is 5.10 Å². The van der Waals surface area contributed by atoms with Crippen LogP contribution < -0.4 is 10.6 Å². The Hall–Kier alpha value is -2.70. The van der Waals surface area contributed by atoms with Gasteiger partial charge in [-0.3, -0.25) is 14.7 Å². The Morgan fingerprint density at radius 1 is 1.24 bits per heavy atom. The molecule has 0 aliphatic rings. The summed E-state index contributed by atoms with van der Waals surface area (Å²) in [5.41, 5.74) is 1.64. The maximum atomic E-state index is 11.8. The first-order valence-corrected chi connectivity index (χ1v) is 6.64. The lowest BCUT2D eigenvalue weighted by Gasteiger charge is -2.05. The Kier molecular flexibility index (Phi) is 4.65. The first-order chi connectivity index (χ1) is 10.1. The van der Waals surface area contributed by atoms with E-state index in [0.29, 0.717) is 18.8 Å². The summed E-state index contributed by atoms with van der Waals surface area (Å²) >= 11 is 0. The van der Waals surface area contributed by atoms with E-state index in [0.717, 1.165) is 11.3 Å². The van der Waals surface area contributed by atoms with E-state index in [9.17, 15) is 9.59 Å². The van der Waals surface area contributed by atoms with Crippen molar-refractivity contribution >= 4 is 17.5 Å². The molecule has 3 N–H and O–H groups in total. The number of aromatic amines is 1. The maximum Gasteiger partial charge on any atom is 0.291 e. The second-order valence-corrected chi connectivity index (χ2v) is 4.52. The van der Waals surface area contributed by atoms with Gasteiger partial charge in [-0.1, -0.05) is 19.1 Å². The number of benzene rings is 1. The van der Waals surface area contributed by atoms with Crippen molar-refractivity contribution in [2.24, 2.45) is 0 Å². The number of rotatable bonds is 5. The second-order valence-electron chi connectivity index (χ2n) is 4.52. The lowest BCUT2D eigenvalue weighted by Crippen LogP contribution is -2.24. The zero-order valence-electron chi connectivity index (χ0n) is 11.9. The molecule has 110 valence electrons. The van der Waals surface area contributed by atoms with Crippen molar-refractivity contribution < 1.29 is 9.59 Å². The van der Waals surface area contributed by atoms with Gasteiger partial charge in [-0.2, -0.15) is 0 Å². The van der Waals surface area contributed by atoms with E-state index in [4.69, 9.17) is 0 Å². The number of amides is 2. The monoisotopic (exact) mass is 287 g/mol. The predicted molar refractivity (Wildman–Crippen MR) is 77.7 cm³/mol. The number of anilines is 1. The minimum Gasteiger partial charge on any atom is -0.345 e. The van der Waals surface area contributed by atoms with Crippen LogP contribution in [0.1, 0.15) is 35.9 Å². The van der Waals surface area contributed by atoms with E-state index in [1.54, 1.807) is 12.1 Å². The molecule has 2 amide bonds. The third kappa shape index (κ3) is 4.13. The van der Waals surface area contributed by atoms with Gasteiger partial charge in [0, 0.05) is 25.6 Å². The Bertz CT molecular complexity index is 633. The van der Waals surface area contributed by atoms with Gasteiger partial charge < -0.3 is 10.6 Å². The number of carbonyl (C=O) groups excluding carboxylic acids is 2. The van der Waals surface area contributed by atoms with Gasteiger partial charge in [0.15, 0.2) is 0 Å². The van der Waals surface area contributed by atoms with Crippen molar-refractivity contribution in [3.8, 4) is 0 Å². The van der Waals surface area contributed by atoms with E-state index in [-0.39, 0.29) is 17.6 Å². The lowest BCUT2D eigenvalue weighted by atomic mass is 10.2. The molecule has 1 aromatic heterocycles.